The number of anilines is 1. The molecule has 5 heteroatoms. The third-order valence-corrected chi connectivity index (χ3v) is 5.05. The molecular weight excluding hydrogens is 353 g/mol. The van der Waals surface area contributed by atoms with E-state index in [-0.39, 0.29) is 11.7 Å². The Morgan fingerprint density at radius 3 is 2.61 bits per heavy atom. The molecule has 3 rings (SSSR count). The average molecular weight is 384 g/mol. The van der Waals surface area contributed by atoms with Crippen molar-refractivity contribution >= 4 is 11.6 Å². The summed E-state index contributed by atoms with van der Waals surface area (Å²) in [6.07, 6.45) is 1.06. The predicted octanol–water partition coefficient (Wildman–Crippen LogP) is 3.92. The van der Waals surface area contributed by atoms with Gasteiger partial charge in [-0.25, -0.2) is 4.39 Å². The SMILES string of the molecule is CC(C)CNC(=O)c1cccc(CN2CCCN(c3ccc(F)cc3)CC2)c1. The Morgan fingerprint density at radius 2 is 1.86 bits per heavy atom. The van der Waals surface area contributed by atoms with Crippen molar-refractivity contribution in [2.45, 2.75) is 26.8 Å². The largest absolute Gasteiger partial charge is 0.370 e. The van der Waals surface area contributed by atoms with E-state index in [1.54, 1.807) is 0 Å². The minimum atomic E-state index is -0.197. The Hall–Kier alpha value is -2.40. The number of nitrogens with zero attached hydrogens (tertiary/aromatic N) is 2. The minimum absolute atomic E-state index is 0.00565. The summed E-state index contributed by atoms with van der Waals surface area (Å²) in [4.78, 5) is 17.1. The van der Waals surface area contributed by atoms with Crippen molar-refractivity contribution in [3.05, 3.63) is 65.5 Å². The van der Waals surface area contributed by atoms with E-state index in [9.17, 15) is 9.18 Å². The molecule has 0 atom stereocenters. The van der Waals surface area contributed by atoms with Crippen molar-refractivity contribution in [2.75, 3.05) is 37.6 Å². The summed E-state index contributed by atoms with van der Waals surface area (Å²) in [6.45, 7) is 9.55. The molecule has 1 saturated heterocycles. The lowest BCUT2D eigenvalue weighted by atomic mass is 10.1. The maximum Gasteiger partial charge on any atom is 0.251 e. The molecule has 150 valence electrons. The highest BCUT2D eigenvalue weighted by molar-refractivity contribution is 5.94. The molecule has 2 aromatic rings. The van der Waals surface area contributed by atoms with E-state index in [1.807, 2.05) is 30.3 Å². The molecule has 1 heterocycles. The Kier molecular flexibility index (Phi) is 7.04. The Bertz CT molecular complexity index is 776. The quantitative estimate of drug-likeness (QED) is 0.821. The van der Waals surface area contributed by atoms with Crippen molar-refractivity contribution in [3.63, 3.8) is 0 Å². The molecule has 0 aliphatic carbocycles. The van der Waals surface area contributed by atoms with Crippen molar-refractivity contribution in [1.82, 2.24) is 10.2 Å². The number of rotatable bonds is 6. The predicted molar refractivity (Wildman–Crippen MR) is 112 cm³/mol. The fourth-order valence-corrected chi connectivity index (χ4v) is 3.51. The topological polar surface area (TPSA) is 35.6 Å². The maximum atomic E-state index is 13.2. The maximum absolute atomic E-state index is 13.2. The molecule has 0 radical (unpaired) electrons. The summed E-state index contributed by atoms with van der Waals surface area (Å²) in [6, 6.07) is 14.7. The van der Waals surface area contributed by atoms with Gasteiger partial charge in [0, 0.05) is 50.5 Å². The molecule has 0 unspecified atom stereocenters. The molecule has 4 nitrogen and oxygen atoms in total. The molecular formula is C23H30FN3O. The molecule has 1 amide bonds. The van der Waals surface area contributed by atoms with Crippen LogP contribution in [0.1, 0.15) is 36.2 Å². The second-order valence-electron chi connectivity index (χ2n) is 7.90. The van der Waals surface area contributed by atoms with E-state index in [0.717, 1.165) is 56.0 Å². The van der Waals surface area contributed by atoms with E-state index in [0.29, 0.717) is 12.5 Å². The Labute approximate surface area is 167 Å². The van der Waals surface area contributed by atoms with Crippen molar-refractivity contribution < 1.29 is 9.18 Å². The molecule has 0 bridgehead atoms. The van der Waals surface area contributed by atoms with Crippen molar-refractivity contribution in [2.24, 2.45) is 5.92 Å². The molecule has 1 aliphatic heterocycles. The van der Waals surface area contributed by atoms with E-state index in [1.165, 1.54) is 12.1 Å². The first-order valence-electron chi connectivity index (χ1n) is 10.1. The Balaban J connectivity index is 1.57. The molecule has 1 aliphatic rings. The van der Waals surface area contributed by atoms with Gasteiger partial charge in [0.15, 0.2) is 0 Å². The zero-order chi connectivity index (χ0) is 19.9. The van der Waals surface area contributed by atoms with Gasteiger partial charge in [-0.2, -0.15) is 0 Å². The fraction of sp³-hybridized carbons (Fsp3) is 0.435. The van der Waals surface area contributed by atoms with Gasteiger partial charge >= 0.3 is 0 Å². The standard InChI is InChI=1S/C23H30FN3O/c1-18(2)16-25-23(28)20-6-3-5-19(15-20)17-26-11-4-12-27(14-13-26)22-9-7-21(24)8-10-22/h3,5-10,15,18H,4,11-14,16-17H2,1-2H3,(H,25,28). The molecule has 2 aromatic carbocycles. The van der Waals surface area contributed by atoms with E-state index in [4.69, 9.17) is 0 Å². The first-order chi connectivity index (χ1) is 13.5. The van der Waals surface area contributed by atoms with Gasteiger partial charge in [0.05, 0.1) is 0 Å². The molecule has 1 fully saturated rings. The summed E-state index contributed by atoms with van der Waals surface area (Å²) >= 11 is 0. The molecule has 0 spiro atoms. The van der Waals surface area contributed by atoms with Crippen LogP contribution in [-0.2, 0) is 6.54 Å². The van der Waals surface area contributed by atoms with E-state index < -0.39 is 0 Å². The van der Waals surface area contributed by atoms with Gasteiger partial charge in [0.1, 0.15) is 5.82 Å². The van der Waals surface area contributed by atoms with Crippen LogP contribution in [0.5, 0.6) is 0 Å². The third kappa shape index (κ3) is 5.80. The van der Waals surface area contributed by atoms with Crippen LogP contribution >= 0.6 is 0 Å². The van der Waals surface area contributed by atoms with Gasteiger partial charge < -0.3 is 10.2 Å². The van der Waals surface area contributed by atoms with Crippen molar-refractivity contribution in [3.8, 4) is 0 Å². The van der Waals surface area contributed by atoms with Crippen LogP contribution in [0.3, 0.4) is 0 Å². The first kappa shape index (κ1) is 20.3. The Morgan fingerprint density at radius 1 is 1.07 bits per heavy atom. The number of amides is 1. The number of hydrogen-bond acceptors (Lipinski definition) is 3. The third-order valence-electron chi connectivity index (χ3n) is 5.05. The van der Waals surface area contributed by atoms with Gasteiger partial charge in [0.2, 0.25) is 0 Å². The second-order valence-corrected chi connectivity index (χ2v) is 7.90. The molecule has 1 N–H and O–H groups in total. The fourth-order valence-electron chi connectivity index (χ4n) is 3.51. The van der Waals surface area contributed by atoms with Gasteiger partial charge in [-0.05, 0) is 54.3 Å². The number of carbonyl (C=O) groups is 1. The van der Waals surface area contributed by atoms with Crippen LogP contribution in [0.15, 0.2) is 48.5 Å². The van der Waals surface area contributed by atoms with Crippen LogP contribution in [0.2, 0.25) is 0 Å². The van der Waals surface area contributed by atoms with Gasteiger partial charge in [-0.1, -0.05) is 26.0 Å². The minimum Gasteiger partial charge on any atom is -0.370 e. The highest BCUT2D eigenvalue weighted by Crippen LogP contribution is 2.18. The lowest BCUT2D eigenvalue weighted by molar-refractivity contribution is 0.0949. The number of benzene rings is 2. The van der Waals surface area contributed by atoms with Crippen LogP contribution in [-0.4, -0.2) is 43.5 Å². The van der Waals surface area contributed by atoms with Gasteiger partial charge in [-0.3, -0.25) is 9.69 Å². The summed E-state index contributed by atoms with van der Waals surface area (Å²) in [5.41, 5.74) is 2.96. The highest BCUT2D eigenvalue weighted by Gasteiger charge is 2.16. The number of hydrogen-bond donors (Lipinski definition) is 1. The molecule has 0 aromatic heterocycles. The lowest BCUT2D eigenvalue weighted by Crippen LogP contribution is -2.30. The number of nitrogens with one attached hydrogen (secondary N) is 1. The van der Waals surface area contributed by atoms with Crippen LogP contribution in [0.4, 0.5) is 10.1 Å². The summed E-state index contributed by atoms with van der Waals surface area (Å²) in [7, 11) is 0. The second kappa shape index (κ2) is 9.69. The van der Waals surface area contributed by atoms with Crippen LogP contribution < -0.4 is 10.2 Å². The van der Waals surface area contributed by atoms with Gasteiger partial charge in [0.25, 0.3) is 5.91 Å². The zero-order valence-corrected chi connectivity index (χ0v) is 16.8. The summed E-state index contributed by atoms with van der Waals surface area (Å²) in [5, 5.41) is 2.98. The smallest absolute Gasteiger partial charge is 0.251 e. The van der Waals surface area contributed by atoms with Crippen molar-refractivity contribution in [1.29, 1.82) is 0 Å². The lowest BCUT2D eigenvalue weighted by Gasteiger charge is -2.23. The van der Waals surface area contributed by atoms with Crippen LogP contribution in [0, 0.1) is 11.7 Å². The van der Waals surface area contributed by atoms with Crippen LogP contribution in [0.25, 0.3) is 0 Å². The normalized spacial score (nSPS) is 15.5. The van der Waals surface area contributed by atoms with Gasteiger partial charge in [-0.15, -0.1) is 0 Å². The zero-order valence-electron chi connectivity index (χ0n) is 16.8. The highest BCUT2D eigenvalue weighted by atomic mass is 19.1. The van der Waals surface area contributed by atoms with E-state index in [2.05, 4.69) is 35.0 Å². The summed E-state index contributed by atoms with van der Waals surface area (Å²) < 4.78 is 13.2. The summed E-state index contributed by atoms with van der Waals surface area (Å²) in [5.74, 6) is 0.236. The number of halogens is 1. The average Bonchev–Trinajstić information content (AvgIpc) is 2.92. The first-order valence-corrected chi connectivity index (χ1v) is 10.1. The molecule has 28 heavy (non-hydrogen) atoms. The number of carbonyl (C=O) groups excluding carboxylic acids is 1. The van der Waals surface area contributed by atoms with E-state index >= 15 is 0 Å². The monoisotopic (exact) mass is 383 g/mol. The molecule has 0 saturated carbocycles.